The van der Waals surface area contributed by atoms with E-state index in [2.05, 4.69) is 21.2 Å². The number of hydrogen-bond acceptors (Lipinski definition) is 3. The summed E-state index contributed by atoms with van der Waals surface area (Å²) in [6.07, 6.45) is 0. The molecule has 4 nitrogen and oxygen atoms in total. The van der Waals surface area contributed by atoms with E-state index in [0.717, 1.165) is 0 Å². The second-order valence-corrected chi connectivity index (χ2v) is 5.12. The molecule has 0 bridgehead atoms. The normalized spacial score (nSPS) is 10.2. The van der Waals surface area contributed by atoms with E-state index in [1.165, 1.54) is 18.2 Å². The van der Waals surface area contributed by atoms with Crippen LogP contribution in [-0.2, 0) is 0 Å². The third-order valence-corrected chi connectivity index (χ3v) is 3.44. The van der Waals surface area contributed by atoms with Gasteiger partial charge in [0.1, 0.15) is 11.6 Å². The molecule has 0 aromatic heterocycles. The highest BCUT2D eigenvalue weighted by molar-refractivity contribution is 9.10. The van der Waals surface area contributed by atoms with Gasteiger partial charge in [-0.25, -0.2) is 4.39 Å². The number of carbonyl (C=O) groups is 1. The van der Waals surface area contributed by atoms with Gasteiger partial charge < -0.3 is 15.8 Å². The predicted molar refractivity (Wildman–Crippen MR) is 84.1 cm³/mol. The Morgan fingerprint density at radius 1 is 1.33 bits per heavy atom. The smallest absolute Gasteiger partial charge is 0.255 e. The Morgan fingerprint density at radius 2 is 2.10 bits per heavy atom. The van der Waals surface area contributed by atoms with Gasteiger partial charge in [-0.15, -0.1) is 0 Å². The van der Waals surface area contributed by atoms with E-state index >= 15 is 0 Å². The van der Waals surface area contributed by atoms with Crippen LogP contribution in [-0.4, -0.2) is 12.5 Å². The van der Waals surface area contributed by atoms with E-state index in [1.807, 2.05) is 0 Å². The summed E-state index contributed by atoms with van der Waals surface area (Å²) in [4.78, 5) is 12.2. The van der Waals surface area contributed by atoms with Crippen LogP contribution in [0.3, 0.4) is 0 Å². The number of rotatable bonds is 4. The van der Waals surface area contributed by atoms with Gasteiger partial charge in [-0.3, -0.25) is 4.79 Å². The van der Waals surface area contributed by atoms with Gasteiger partial charge >= 0.3 is 0 Å². The van der Waals surface area contributed by atoms with Crippen LogP contribution in [0.4, 0.5) is 15.8 Å². The van der Waals surface area contributed by atoms with Crippen molar-refractivity contribution in [2.24, 2.45) is 0 Å². The maximum atomic E-state index is 13.2. The number of amides is 1. The Bertz CT molecular complexity index is 677. The van der Waals surface area contributed by atoms with Crippen molar-refractivity contribution in [1.82, 2.24) is 0 Å². The van der Waals surface area contributed by atoms with E-state index in [-0.39, 0.29) is 5.91 Å². The molecule has 2 aromatic carbocycles. The van der Waals surface area contributed by atoms with Crippen molar-refractivity contribution in [2.75, 3.05) is 17.7 Å². The molecule has 6 heteroatoms. The lowest BCUT2D eigenvalue weighted by Crippen LogP contribution is -2.13. The van der Waals surface area contributed by atoms with Gasteiger partial charge in [-0.1, -0.05) is 0 Å². The Morgan fingerprint density at radius 3 is 2.76 bits per heavy atom. The van der Waals surface area contributed by atoms with Crippen LogP contribution in [0.25, 0.3) is 0 Å². The molecule has 2 rings (SSSR count). The molecule has 0 aliphatic carbocycles. The molecule has 110 valence electrons. The standard InChI is InChI=1S/C15H14BrFN2O2/c1-2-21-14-8-10(17)4-6-13(14)19-15(20)9-3-5-12(18)11(16)7-9/h3-8H,2,18H2,1H3,(H,19,20). The van der Waals surface area contributed by atoms with E-state index in [1.54, 1.807) is 25.1 Å². The Kier molecular flexibility index (Phi) is 4.80. The van der Waals surface area contributed by atoms with Crippen LogP contribution in [0.2, 0.25) is 0 Å². The zero-order valence-electron chi connectivity index (χ0n) is 11.3. The molecule has 0 aliphatic rings. The zero-order chi connectivity index (χ0) is 15.4. The van der Waals surface area contributed by atoms with Gasteiger partial charge in [0.2, 0.25) is 0 Å². The summed E-state index contributed by atoms with van der Waals surface area (Å²) < 4.78 is 19.2. The first-order chi connectivity index (χ1) is 10.0. The van der Waals surface area contributed by atoms with Crippen LogP contribution in [0.1, 0.15) is 17.3 Å². The van der Waals surface area contributed by atoms with Crippen LogP contribution >= 0.6 is 15.9 Å². The molecule has 0 spiro atoms. The summed E-state index contributed by atoms with van der Waals surface area (Å²) in [7, 11) is 0. The molecule has 0 saturated carbocycles. The quantitative estimate of drug-likeness (QED) is 0.822. The molecule has 3 N–H and O–H groups in total. The number of nitrogen functional groups attached to an aromatic ring is 1. The molecule has 21 heavy (non-hydrogen) atoms. The highest BCUT2D eigenvalue weighted by Gasteiger charge is 2.12. The predicted octanol–water partition coefficient (Wildman–Crippen LogP) is 3.82. The van der Waals surface area contributed by atoms with Crippen molar-refractivity contribution >= 4 is 33.2 Å². The lowest BCUT2D eigenvalue weighted by Gasteiger charge is -2.12. The third-order valence-electron chi connectivity index (χ3n) is 2.75. The number of benzene rings is 2. The van der Waals surface area contributed by atoms with Gasteiger partial charge in [0.05, 0.1) is 12.3 Å². The molecular formula is C15H14BrFN2O2. The summed E-state index contributed by atoms with van der Waals surface area (Å²) in [6, 6.07) is 8.82. The molecule has 0 aliphatic heterocycles. The lowest BCUT2D eigenvalue weighted by atomic mass is 10.2. The second kappa shape index (κ2) is 6.58. The molecule has 0 saturated heterocycles. The third kappa shape index (κ3) is 3.72. The fourth-order valence-electron chi connectivity index (χ4n) is 1.74. The van der Waals surface area contributed by atoms with Gasteiger partial charge in [0.15, 0.2) is 0 Å². The van der Waals surface area contributed by atoms with Gasteiger partial charge in [0, 0.05) is 21.8 Å². The maximum absolute atomic E-state index is 13.2. The first kappa shape index (κ1) is 15.3. The van der Waals surface area contributed by atoms with Crippen LogP contribution in [0.5, 0.6) is 5.75 Å². The molecule has 1 amide bonds. The minimum Gasteiger partial charge on any atom is -0.492 e. The van der Waals surface area contributed by atoms with E-state index in [4.69, 9.17) is 10.5 Å². The zero-order valence-corrected chi connectivity index (χ0v) is 12.9. The first-order valence-electron chi connectivity index (χ1n) is 6.30. The van der Waals surface area contributed by atoms with E-state index < -0.39 is 5.82 Å². The van der Waals surface area contributed by atoms with Crippen molar-refractivity contribution in [1.29, 1.82) is 0 Å². The van der Waals surface area contributed by atoms with E-state index in [9.17, 15) is 9.18 Å². The molecule has 2 aromatic rings. The summed E-state index contributed by atoms with van der Waals surface area (Å²) in [5, 5.41) is 2.69. The minimum absolute atomic E-state index is 0.292. The van der Waals surface area contributed by atoms with Crippen molar-refractivity contribution in [3.05, 3.63) is 52.3 Å². The Labute approximate surface area is 130 Å². The molecule has 0 unspecified atom stereocenters. The number of nitrogens with two attached hydrogens (primary N) is 1. The SMILES string of the molecule is CCOc1cc(F)ccc1NC(=O)c1ccc(N)c(Br)c1. The summed E-state index contributed by atoms with van der Waals surface area (Å²) >= 11 is 3.27. The molecule has 0 heterocycles. The monoisotopic (exact) mass is 352 g/mol. The van der Waals surface area contributed by atoms with Crippen LogP contribution in [0.15, 0.2) is 40.9 Å². The highest BCUT2D eigenvalue weighted by atomic mass is 79.9. The van der Waals surface area contributed by atoms with Crippen molar-refractivity contribution in [2.45, 2.75) is 6.92 Å². The average Bonchev–Trinajstić information content (AvgIpc) is 2.45. The maximum Gasteiger partial charge on any atom is 0.255 e. The Hall–Kier alpha value is -2.08. The Balaban J connectivity index is 2.24. The van der Waals surface area contributed by atoms with Crippen molar-refractivity contribution < 1.29 is 13.9 Å². The van der Waals surface area contributed by atoms with Gasteiger partial charge in [0.25, 0.3) is 5.91 Å². The first-order valence-corrected chi connectivity index (χ1v) is 7.09. The van der Waals surface area contributed by atoms with Gasteiger partial charge in [-0.2, -0.15) is 0 Å². The highest BCUT2D eigenvalue weighted by Crippen LogP contribution is 2.27. The number of hydrogen-bond donors (Lipinski definition) is 2. The van der Waals surface area contributed by atoms with Crippen molar-refractivity contribution in [3.63, 3.8) is 0 Å². The number of nitrogens with one attached hydrogen (secondary N) is 1. The van der Waals surface area contributed by atoms with Crippen LogP contribution in [0, 0.1) is 5.82 Å². The number of anilines is 2. The summed E-state index contributed by atoms with van der Waals surface area (Å²) in [5.74, 6) is -0.463. The fraction of sp³-hybridized carbons (Fsp3) is 0.133. The summed E-state index contributed by atoms with van der Waals surface area (Å²) in [5.41, 5.74) is 7.07. The molecular weight excluding hydrogens is 339 g/mol. The van der Waals surface area contributed by atoms with Crippen molar-refractivity contribution in [3.8, 4) is 5.75 Å². The summed E-state index contributed by atoms with van der Waals surface area (Å²) in [6.45, 7) is 2.16. The number of halogens is 2. The number of ether oxygens (including phenoxy) is 1. The lowest BCUT2D eigenvalue weighted by molar-refractivity contribution is 0.102. The topological polar surface area (TPSA) is 64.3 Å². The van der Waals surface area contributed by atoms with Crippen LogP contribution < -0.4 is 15.8 Å². The molecule has 0 fully saturated rings. The van der Waals surface area contributed by atoms with E-state index in [0.29, 0.717) is 33.8 Å². The van der Waals surface area contributed by atoms with Gasteiger partial charge in [-0.05, 0) is 53.2 Å². The number of carbonyl (C=O) groups excluding carboxylic acids is 1. The fourth-order valence-corrected chi connectivity index (χ4v) is 2.12. The minimum atomic E-state index is -0.424. The molecule has 0 radical (unpaired) electrons. The second-order valence-electron chi connectivity index (χ2n) is 4.26. The largest absolute Gasteiger partial charge is 0.492 e. The molecule has 0 atom stereocenters. The average molecular weight is 353 g/mol.